The molecule has 0 saturated heterocycles. The summed E-state index contributed by atoms with van der Waals surface area (Å²) in [5.41, 5.74) is 4.01. The number of carbonyl (C=O) groups excluding carboxylic acids is 1. The molecule has 2 aromatic carbocycles. The number of pyridine rings is 1. The maximum atomic E-state index is 13.5. The number of nitrogens with zero attached hydrogens (tertiary/aromatic N) is 4. The predicted octanol–water partition coefficient (Wildman–Crippen LogP) is 4.42. The van der Waals surface area contributed by atoms with Crippen LogP contribution in [0.4, 0.5) is 0 Å². The third kappa shape index (κ3) is 4.72. The average Bonchev–Trinajstić information content (AvgIpc) is 3.40. The molecule has 9 heteroatoms. The van der Waals surface area contributed by atoms with E-state index in [1.165, 1.54) is 11.8 Å². The monoisotopic (exact) mass is 488 g/mol. The summed E-state index contributed by atoms with van der Waals surface area (Å²) in [6.07, 6.45) is 4.05. The van der Waals surface area contributed by atoms with E-state index in [2.05, 4.69) is 15.2 Å². The Morgan fingerprint density at radius 2 is 1.80 bits per heavy atom. The summed E-state index contributed by atoms with van der Waals surface area (Å²) >= 11 is 1.24. The van der Waals surface area contributed by atoms with Crippen molar-refractivity contribution in [2.24, 2.45) is 0 Å². The number of hydrogen-bond acceptors (Lipinski definition) is 8. The Balaban J connectivity index is 1.40. The van der Waals surface area contributed by atoms with Crippen LogP contribution in [-0.4, -0.2) is 52.5 Å². The molecule has 0 N–H and O–H groups in total. The van der Waals surface area contributed by atoms with E-state index < -0.39 is 0 Å². The molecule has 0 bridgehead atoms. The van der Waals surface area contributed by atoms with E-state index in [0.717, 1.165) is 28.7 Å². The highest BCUT2D eigenvalue weighted by atomic mass is 32.2. The summed E-state index contributed by atoms with van der Waals surface area (Å²) in [6.45, 7) is 0.591. The van der Waals surface area contributed by atoms with Crippen LogP contribution in [0.25, 0.3) is 11.5 Å². The molecule has 1 unspecified atom stereocenters. The molecule has 1 amide bonds. The van der Waals surface area contributed by atoms with Gasteiger partial charge in [0.2, 0.25) is 11.8 Å². The first-order valence-electron chi connectivity index (χ1n) is 11.1. The van der Waals surface area contributed by atoms with Gasteiger partial charge in [0.1, 0.15) is 0 Å². The molecule has 0 saturated carbocycles. The first-order chi connectivity index (χ1) is 17.2. The van der Waals surface area contributed by atoms with Crippen molar-refractivity contribution in [3.63, 3.8) is 0 Å². The molecule has 2 aromatic heterocycles. The molecule has 1 atom stereocenters. The van der Waals surface area contributed by atoms with Gasteiger partial charge < -0.3 is 18.8 Å². The van der Waals surface area contributed by atoms with Crippen LogP contribution in [0.2, 0.25) is 0 Å². The molecule has 1 aliphatic heterocycles. The van der Waals surface area contributed by atoms with E-state index in [9.17, 15) is 4.79 Å². The Kier molecular flexibility index (Phi) is 6.67. The highest BCUT2D eigenvalue weighted by Crippen LogP contribution is 2.41. The number of benzene rings is 2. The highest BCUT2D eigenvalue weighted by Gasteiger charge is 2.33. The Hall–Kier alpha value is -3.85. The third-order valence-corrected chi connectivity index (χ3v) is 6.77. The summed E-state index contributed by atoms with van der Waals surface area (Å²) in [6, 6.07) is 17.4. The molecule has 1 aliphatic rings. The van der Waals surface area contributed by atoms with E-state index in [1.807, 2.05) is 47.4 Å². The van der Waals surface area contributed by atoms with E-state index in [0.29, 0.717) is 29.2 Å². The van der Waals surface area contributed by atoms with Crippen molar-refractivity contribution in [2.75, 3.05) is 26.5 Å². The lowest BCUT2D eigenvalue weighted by molar-refractivity contribution is -0.130. The summed E-state index contributed by atoms with van der Waals surface area (Å²) in [4.78, 5) is 19.4. The maximum Gasteiger partial charge on any atom is 0.277 e. The molecule has 178 valence electrons. The quantitative estimate of drug-likeness (QED) is 0.353. The molecule has 35 heavy (non-hydrogen) atoms. The Morgan fingerprint density at radius 1 is 1.06 bits per heavy atom. The van der Waals surface area contributed by atoms with Gasteiger partial charge in [-0.3, -0.25) is 9.78 Å². The van der Waals surface area contributed by atoms with Crippen LogP contribution in [0.3, 0.4) is 0 Å². The number of rotatable bonds is 7. The molecule has 0 spiro atoms. The van der Waals surface area contributed by atoms with Gasteiger partial charge >= 0.3 is 0 Å². The van der Waals surface area contributed by atoms with Crippen LogP contribution in [0, 0.1) is 0 Å². The van der Waals surface area contributed by atoms with Crippen molar-refractivity contribution < 1.29 is 18.7 Å². The zero-order valence-electron chi connectivity index (χ0n) is 19.4. The molecule has 8 nitrogen and oxygen atoms in total. The smallest absolute Gasteiger partial charge is 0.277 e. The van der Waals surface area contributed by atoms with Gasteiger partial charge in [0, 0.05) is 24.5 Å². The van der Waals surface area contributed by atoms with Gasteiger partial charge in [-0.15, -0.1) is 10.2 Å². The van der Waals surface area contributed by atoms with Crippen molar-refractivity contribution in [2.45, 2.75) is 17.7 Å². The van der Waals surface area contributed by atoms with Gasteiger partial charge in [-0.2, -0.15) is 0 Å². The molecule has 0 radical (unpaired) electrons. The Bertz CT molecular complexity index is 1310. The fraction of sp³-hybridized carbons (Fsp3) is 0.231. The number of aromatic nitrogens is 3. The summed E-state index contributed by atoms with van der Waals surface area (Å²) < 4.78 is 16.8. The number of ether oxygens (including phenoxy) is 2. The number of carbonyl (C=O) groups is 1. The summed E-state index contributed by atoms with van der Waals surface area (Å²) in [5.74, 6) is 1.91. The molecule has 3 heterocycles. The largest absolute Gasteiger partial charge is 0.493 e. The normalized spacial score (nSPS) is 14.9. The van der Waals surface area contributed by atoms with Crippen LogP contribution < -0.4 is 9.47 Å². The van der Waals surface area contributed by atoms with Crippen LogP contribution >= 0.6 is 11.8 Å². The van der Waals surface area contributed by atoms with E-state index in [-0.39, 0.29) is 17.7 Å². The average molecular weight is 489 g/mol. The van der Waals surface area contributed by atoms with Crippen molar-refractivity contribution in [3.05, 3.63) is 83.7 Å². The van der Waals surface area contributed by atoms with Gasteiger partial charge in [0.05, 0.1) is 26.0 Å². The number of methoxy groups -OCH3 is 2. The van der Waals surface area contributed by atoms with Gasteiger partial charge in [0.25, 0.3) is 5.22 Å². The molecule has 5 rings (SSSR count). The van der Waals surface area contributed by atoms with Gasteiger partial charge in [0.15, 0.2) is 11.5 Å². The zero-order valence-corrected chi connectivity index (χ0v) is 20.2. The second-order valence-electron chi connectivity index (χ2n) is 7.95. The summed E-state index contributed by atoms with van der Waals surface area (Å²) in [7, 11) is 3.25. The standard InChI is InChI=1S/C26H24N4O4S/c1-32-21-14-19-10-13-30(24(17-6-4-3-5-7-17)20(19)15-22(21)33-2)23(31)16-35-26-29-28-25(34-26)18-8-11-27-12-9-18/h3-9,11-12,14-15,24H,10,13,16H2,1-2H3. The number of thioether (sulfide) groups is 1. The van der Waals surface area contributed by atoms with E-state index in [4.69, 9.17) is 13.9 Å². The zero-order chi connectivity index (χ0) is 24.2. The third-order valence-electron chi connectivity index (χ3n) is 5.96. The van der Waals surface area contributed by atoms with Crippen molar-refractivity contribution in [3.8, 4) is 23.0 Å². The molecular weight excluding hydrogens is 464 g/mol. The van der Waals surface area contributed by atoms with Crippen LogP contribution in [0.5, 0.6) is 11.5 Å². The van der Waals surface area contributed by atoms with Crippen LogP contribution in [-0.2, 0) is 11.2 Å². The fourth-order valence-corrected chi connectivity index (χ4v) is 4.94. The number of amides is 1. The first kappa shape index (κ1) is 22.9. The van der Waals surface area contributed by atoms with E-state index >= 15 is 0 Å². The van der Waals surface area contributed by atoms with Crippen LogP contribution in [0.15, 0.2) is 76.6 Å². The van der Waals surface area contributed by atoms with Gasteiger partial charge in [-0.25, -0.2) is 0 Å². The molecular formula is C26H24N4O4S. The molecule has 0 aliphatic carbocycles. The van der Waals surface area contributed by atoms with Crippen molar-refractivity contribution in [1.29, 1.82) is 0 Å². The minimum Gasteiger partial charge on any atom is -0.493 e. The lowest BCUT2D eigenvalue weighted by atomic mass is 9.87. The molecule has 4 aromatic rings. The fourth-order valence-electron chi connectivity index (χ4n) is 4.29. The van der Waals surface area contributed by atoms with Gasteiger partial charge in [-0.1, -0.05) is 42.1 Å². The lowest BCUT2D eigenvalue weighted by Gasteiger charge is -2.38. The van der Waals surface area contributed by atoms with E-state index in [1.54, 1.807) is 38.7 Å². The maximum absolute atomic E-state index is 13.5. The first-order valence-corrected chi connectivity index (χ1v) is 12.1. The minimum atomic E-state index is -0.233. The predicted molar refractivity (Wildman–Crippen MR) is 132 cm³/mol. The Labute approximate surface area is 207 Å². The SMILES string of the molecule is COc1cc2c(cc1OC)C(c1ccccc1)N(C(=O)CSc1nnc(-c3ccncc3)o1)CC2. The van der Waals surface area contributed by atoms with Crippen LogP contribution in [0.1, 0.15) is 22.7 Å². The Morgan fingerprint density at radius 3 is 2.54 bits per heavy atom. The second kappa shape index (κ2) is 10.2. The van der Waals surface area contributed by atoms with Crippen molar-refractivity contribution in [1.82, 2.24) is 20.1 Å². The van der Waals surface area contributed by atoms with Crippen molar-refractivity contribution >= 4 is 17.7 Å². The highest BCUT2D eigenvalue weighted by molar-refractivity contribution is 7.99. The lowest BCUT2D eigenvalue weighted by Crippen LogP contribution is -2.41. The second-order valence-corrected chi connectivity index (χ2v) is 8.88. The summed E-state index contributed by atoms with van der Waals surface area (Å²) in [5, 5.41) is 8.53. The number of hydrogen-bond donors (Lipinski definition) is 0. The molecule has 0 fully saturated rings. The topological polar surface area (TPSA) is 90.6 Å². The minimum absolute atomic E-state index is 0.00653. The van der Waals surface area contributed by atoms with Gasteiger partial charge in [-0.05, 0) is 47.4 Å². The number of fused-ring (bicyclic) bond motifs is 1.